The van der Waals surface area contributed by atoms with Crippen LogP contribution in [0, 0.1) is 6.92 Å². The van der Waals surface area contributed by atoms with Gasteiger partial charge in [0.15, 0.2) is 0 Å². The lowest BCUT2D eigenvalue weighted by Crippen LogP contribution is -2.14. The summed E-state index contributed by atoms with van der Waals surface area (Å²) in [7, 11) is 1.34. The van der Waals surface area contributed by atoms with E-state index >= 15 is 0 Å². The Balaban J connectivity index is 2.28. The first-order valence-electron chi connectivity index (χ1n) is 8.37. The molecule has 0 aliphatic rings. The first-order valence-corrected chi connectivity index (χ1v) is 8.75. The minimum atomic E-state index is -0.504. The van der Waals surface area contributed by atoms with Crippen molar-refractivity contribution in [2.24, 2.45) is 0 Å². The largest absolute Gasteiger partial charge is 0.487 e. The Hall–Kier alpha value is -2.20. The first kappa shape index (κ1) is 19.1. The van der Waals surface area contributed by atoms with Crippen molar-refractivity contribution in [1.82, 2.24) is 0 Å². The van der Waals surface area contributed by atoms with E-state index in [0.29, 0.717) is 23.1 Å². The van der Waals surface area contributed by atoms with Gasteiger partial charge in [-0.15, -0.1) is 0 Å². The fourth-order valence-corrected chi connectivity index (χ4v) is 2.99. The fourth-order valence-electron chi connectivity index (χ4n) is 2.75. The second-order valence-corrected chi connectivity index (χ2v) is 6.17. The van der Waals surface area contributed by atoms with Crippen LogP contribution >= 0.6 is 11.6 Å². The average molecular weight is 362 g/mol. The number of amides is 1. The maximum Gasteiger partial charge on any atom is 0.411 e. The standard InChI is InChI=1S/C20H24ClNO3/c1-5-14-8-7-9-18(22-20(23)24-4)16(14)12-25-19-10-13(3)15(6-2)11-17(19)21/h7-11H,5-6,12H2,1-4H3,(H,22,23). The van der Waals surface area contributed by atoms with Gasteiger partial charge in [0.25, 0.3) is 0 Å². The van der Waals surface area contributed by atoms with Crippen molar-refractivity contribution in [3.05, 3.63) is 57.6 Å². The van der Waals surface area contributed by atoms with Gasteiger partial charge in [0.05, 0.1) is 17.8 Å². The molecule has 1 amide bonds. The van der Waals surface area contributed by atoms with Crippen LogP contribution in [0.5, 0.6) is 5.75 Å². The van der Waals surface area contributed by atoms with Gasteiger partial charge < -0.3 is 9.47 Å². The van der Waals surface area contributed by atoms with E-state index in [4.69, 9.17) is 21.1 Å². The second-order valence-electron chi connectivity index (χ2n) is 5.76. The molecule has 5 heteroatoms. The van der Waals surface area contributed by atoms with E-state index in [2.05, 4.69) is 19.2 Å². The van der Waals surface area contributed by atoms with Gasteiger partial charge in [-0.1, -0.05) is 37.6 Å². The molecule has 4 nitrogen and oxygen atoms in total. The molecule has 2 aromatic carbocycles. The van der Waals surface area contributed by atoms with Crippen LogP contribution in [0.3, 0.4) is 0 Å². The van der Waals surface area contributed by atoms with Gasteiger partial charge in [-0.25, -0.2) is 4.79 Å². The van der Waals surface area contributed by atoms with Crippen LogP contribution in [0.25, 0.3) is 0 Å². The molecule has 0 spiro atoms. The minimum absolute atomic E-state index is 0.313. The Labute approximate surface area is 154 Å². The van der Waals surface area contributed by atoms with Crippen molar-refractivity contribution in [2.75, 3.05) is 12.4 Å². The molecule has 2 rings (SSSR count). The molecule has 0 bridgehead atoms. The SMILES string of the molecule is CCc1cc(Cl)c(OCc2c(CC)cccc2NC(=O)OC)cc1C. The third kappa shape index (κ3) is 4.67. The lowest BCUT2D eigenvalue weighted by molar-refractivity contribution is 0.187. The summed E-state index contributed by atoms with van der Waals surface area (Å²) in [5, 5.41) is 3.34. The van der Waals surface area contributed by atoms with Crippen LogP contribution in [0.15, 0.2) is 30.3 Å². The predicted molar refractivity (Wildman–Crippen MR) is 102 cm³/mol. The molecular formula is C20H24ClNO3. The summed E-state index contributed by atoms with van der Waals surface area (Å²) < 4.78 is 10.7. The van der Waals surface area contributed by atoms with E-state index < -0.39 is 6.09 Å². The van der Waals surface area contributed by atoms with Gasteiger partial charge in [0, 0.05) is 5.56 Å². The normalized spacial score (nSPS) is 10.4. The van der Waals surface area contributed by atoms with Gasteiger partial charge in [0.1, 0.15) is 12.4 Å². The third-order valence-corrected chi connectivity index (χ3v) is 4.51. The molecule has 1 N–H and O–H groups in total. The Kier molecular flexibility index (Phi) is 6.71. The molecule has 0 aliphatic heterocycles. The third-order valence-electron chi connectivity index (χ3n) is 4.22. The number of nitrogens with one attached hydrogen (secondary N) is 1. The highest BCUT2D eigenvalue weighted by Crippen LogP contribution is 2.30. The Morgan fingerprint density at radius 1 is 1.16 bits per heavy atom. The molecular weight excluding hydrogens is 338 g/mol. The monoisotopic (exact) mass is 361 g/mol. The van der Waals surface area contributed by atoms with Crippen molar-refractivity contribution in [2.45, 2.75) is 40.2 Å². The Morgan fingerprint density at radius 2 is 1.88 bits per heavy atom. The zero-order chi connectivity index (χ0) is 18.4. The van der Waals surface area contributed by atoms with Gasteiger partial charge in [0.2, 0.25) is 0 Å². The molecule has 134 valence electrons. The van der Waals surface area contributed by atoms with Gasteiger partial charge in [-0.3, -0.25) is 5.32 Å². The zero-order valence-electron chi connectivity index (χ0n) is 15.1. The molecule has 0 aliphatic carbocycles. The quantitative estimate of drug-likeness (QED) is 0.735. The van der Waals surface area contributed by atoms with Crippen molar-refractivity contribution in [1.29, 1.82) is 0 Å². The lowest BCUT2D eigenvalue weighted by atomic mass is 10.0. The summed E-state index contributed by atoms with van der Waals surface area (Å²) in [6.07, 6.45) is 1.25. The maximum atomic E-state index is 11.6. The number of ether oxygens (including phenoxy) is 2. The number of carbonyl (C=O) groups is 1. The molecule has 0 saturated heterocycles. The Bertz CT molecular complexity index is 759. The molecule has 0 atom stereocenters. The van der Waals surface area contributed by atoms with Crippen LogP contribution in [0.2, 0.25) is 5.02 Å². The smallest absolute Gasteiger partial charge is 0.411 e. The Morgan fingerprint density at radius 3 is 2.52 bits per heavy atom. The van der Waals surface area contributed by atoms with Crippen LogP contribution in [0.4, 0.5) is 10.5 Å². The van der Waals surface area contributed by atoms with E-state index in [1.54, 1.807) is 0 Å². The second kappa shape index (κ2) is 8.77. The molecule has 0 radical (unpaired) electrons. The summed E-state index contributed by atoms with van der Waals surface area (Å²) in [5.74, 6) is 0.645. The minimum Gasteiger partial charge on any atom is -0.487 e. The average Bonchev–Trinajstić information content (AvgIpc) is 2.62. The number of methoxy groups -OCH3 is 1. The zero-order valence-corrected chi connectivity index (χ0v) is 15.9. The fraction of sp³-hybridized carbons (Fsp3) is 0.350. The van der Waals surface area contributed by atoms with Gasteiger partial charge in [-0.2, -0.15) is 0 Å². The van der Waals surface area contributed by atoms with Crippen LogP contribution in [-0.2, 0) is 24.2 Å². The van der Waals surface area contributed by atoms with E-state index in [1.807, 2.05) is 37.3 Å². The first-order chi connectivity index (χ1) is 12.0. The highest BCUT2D eigenvalue weighted by Gasteiger charge is 2.13. The summed E-state index contributed by atoms with van der Waals surface area (Å²) >= 11 is 6.35. The van der Waals surface area contributed by atoms with E-state index in [9.17, 15) is 4.79 Å². The number of anilines is 1. The topological polar surface area (TPSA) is 47.6 Å². The van der Waals surface area contributed by atoms with Gasteiger partial charge >= 0.3 is 6.09 Å². The number of aryl methyl sites for hydroxylation is 3. The molecule has 0 heterocycles. The molecule has 0 unspecified atom stereocenters. The summed E-state index contributed by atoms with van der Waals surface area (Å²) in [6, 6.07) is 9.67. The molecule has 0 aromatic heterocycles. The molecule has 0 saturated carbocycles. The van der Waals surface area contributed by atoms with E-state index in [1.165, 1.54) is 12.7 Å². The number of carbonyl (C=O) groups excluding carboxylic acids is 1. The van der Waals surface area contributed by atoms with Gasteiger partial charge in [-0.05, 0) is 54.7 Å². The number of benzene rings is 2. The molecule has 25 heavy (non-hydrogen) atoms. The summed E-state index contributed by atoms with van der Waals surface area (Å²) in [6.45, 7) is 6.52. The van der Waals surface area contributed by atoms with Crippen LogP contribution in [0.1, 0.15) is 36.1 Å². The van der Waals surface area contributed by atoms with Crippen LogP contribution in [-0.4, -0.2) is 13.2 Å². The lowest BCUT2D eigenvalue weighted by Gasteiger charge is -2.17. The number of halogens is 1. The summed E-state index contributed by atoms with van der Waals surface area (Å²) in [5.41, 5.74) is 5.07. The number of hydrogen-bond acceptors (Lipinski definition) is 3. The maximum absolute atomic E-state index is 11.6. The summed E-state index contributed by atoms with van der Waals surface area (Å²) in [4.78, 5) is 11.6. The molecule has 2 aromatic rings. The number of hydrogen-bond donors (Lipinski definition) is 1. The van der Waals surface area contributed by atoms with E-state index in [-0.39, 0.29) is 0 Å². The van der Waals surface area contributed by atoms with Crippen molar-refractivity contribution >= 4 is 23.4 Å². The van der Waals surface area contributed by atoms with Crippen molar-refractivity contribution < 1.29 is 14.3 Å². The van der Waals surface area contributed by atoms with Crippen LogP contribution < -0.4 is 10.1 Å². The van der Waals surface area contributed by atoms with Crippen molar-refractivity contribution in [3.8, 4) is 5.75 Å². The van der Waals surface area contributed by atoms with Crippen molar-refractivity contribution in [3.63, 3.8) is 0 Å². The molecule has 0 fully saturated rings. The van der Waals surface area contributed by atoms with E-state index in [0.717, 1.165) is 29.5 Å². The highest BCUT2D eigenvalue weighted by atomic mass is 35.5. The predicted octanol–water partition coefficient (Wildman–Crippen LogP) is 5.53. The highest BCUT2D eigenvalue weighted by molar-refractivity contribution is 6.32. The number of rotatable bonds is 6.